The molecular formula is C47H76O19. The molecule has 0 amide bonds. The van der Waals surface area contributed by atoms with Crippen LogP contribution in [0.2, 0.25) is 0 Å². The zero-order chi connectivity index (χ0) is 48.4. The van der Waals surface area contributed by atoms with E-state index in [0.29, 0.717) is 44.9 Å². The lowest BCUT2D eigenvalue weighted by molar-refractivity contribution is -0.351. The molecule has 0 spiro atoms. The van der Waals surface area contributed by atoms with Crippen LogP contribution in [0.5, 0.6) is 0 Å². The van der Waals surface area contributed by atoms with Crippen LogP contribution in [0.3, 0.4) is 0 Å². The van der Waals surface area contributed by atoms with Gasteiger partial charge in [0.1, 0.15) is 54.9 Å². The molecule has 3 heterocycles. The van der Waals surface area contributed by atoms with Crippen molar-refractivity contribution in [3.05, 3.63) is 11.6 Å². The number of fused-ring (bicyclic) bond motifs is 7. The smallest absolute Gasteiger partial charge is 0.315 e. The molecule has 8 rings (SSSR count). The van der Waals surface area contributed by atoms with Crippen LogP contribution >= 0.6 is 0 Å². The summed E-state index contributed by atoms with van der Waals surface area (Å²) in [6.07, 6.45) is -18.9. The van der Waals surface area contributed by atoms with Crippen molar-refractivity contribution in [1.29, 1.82) is 0 Å². The Labute approximate surface area is 385 Å². The molecule has 0 bridgehead atoms. The highest BCUT2D eigenvalue weighted by Gasteiger charge is 2.73. The summed E-state index contributed by atoms with van der Waals surface area (Å²) in [5, 5.41) is 131. The molecule has 3 saturated heterocycles. The van der Waals surface area contributed by atoms with Crippen LogP contribution in [0.1, 0.15) is 99.8 Å². The summed E-state index contributed by atoms with van der Waals surface area (Å²) >= 11 is 0. The van der Waals surface area contributed by atoms with E-state index >= 15 is 4.79 Å². The lowest BCUT2D eigenvalue weighted by atomic mass is 9.33. The van der Waals surface area contributed by atoms with E-state index in [4.69, 9.17) is 28.4 Å². The van der Waals surface area contributed by atoms with E-state index in [0.717, 1.165) is 5.57 Å². The van der Waals surface area contributed by atoms with Crippen LogP contribution in [0.4, 0.5) is 0 Å². The summed E-state index contributed by atoms with van der Waals surface area (Å²) in [5.41, 5.74) is -3.39. The fourth-order valence-electron chi connectivity index (χ4n) is 15.0. The standard InChI is InChI=1S/C47H76O19/c1-20-28(53)31(56)33(58)38(62-20)64-35-29(54)25(52)18-61-40(35)66-41(60)47-12-10-42(2,3)14-22(47)21-8-9-27-43(4)15-24(51)37(65-39-34(59)32(57)30(55)26(17-48)63-39)44(5,19-49)36(43)23(50)16-46(27,7)45(21,6)11-13-47/h8,20,22-40,48-59H,9-19H2,1-7H3/t20-,22+,23+,24-,25+,26+,27-,28-,29+,30+,31+,32-,33-,34+,35+,36-,37+,38+,39-,40+,43+,44+,45-,46+,47+/m1/s1. The lowest BCUT2D eigenvalue weighted by Crippen LogP contribution is -2.72. The highest BCUT2D eigenvalue weighted by molar-refractivity contribution is 5.79. The van der Waals surface area contributed by atoms with Gasteiger partial charge in [-0.1, -0.05) is 53.2 Å². The number of carbonyl (C=O) groups excluding carboxylic acids is 1. The van der Waals surface area contributed by atoms with Crippen LogP contribution in [0.15, 0.2) is 11.6 Å². The van der Waals surface area contributed by atoms with Gasteiger partial charge in [0.25, 0.3) is 0 Å². The minimum atomic E-state index is -1.74. The number of aliphatic hydroxyl groups is 12. The molecule has 19 heteroatoms. The maximum Gasteiger partial charge on any atom is 0.315 e. The summed E-state index contributed by atoms with van der Waals surface area (Å²) in [5.74, 6) is -1.65. The van der Waals surface area contributed by atoms with Crippen LogP contribution in [0, 0.1) is 50.2 Å². The minimum Gasteiger partial charge on any atom is -0.432 e. The summed E-state index contributed by atoms with van der Waals surface area (Å²) in [6, 6.07) is 0. The van der Waals surface area contributed by atoms with Crippen molar-refractivity contribution in [2.45, 2.75) is 204 Å². The summed E-state index contributed by atoms with van der Waals surface area (Å²) in [4.78, 5) is 15.1. The van der Waals surface area contributed by atoms with E-state index in [9.17, 15) is 61.3 Å². The molecule has 0 aromatic rings. The van der Waals surface area contributed by atoms with E-state index < -0.39 is 157 Å². The number of ether oxygens (including phenoxy) is 6. The van der Waals surface area contributed by atoms with Gasteiger partial charge in [0.2, 0.25) is 6.29 Å². The molecule has 66 heavy (non-hydrogen) atoms. The predicted octanol–water partition coefficient (Wildman–Crippen LogP) is -1.28. The summed E-state index contributed by atoms with van der Waals surface area (Å²) in [7, 11) is 0. The third-order valence-electron chi connectivity index (χ3n) is 18.9. The maximum absolute atomic E-state index is 15.1. The van der Waals surface area contributed by atoms with Crippen molar-refractivity contribution >= 4 is 5.97 Å². The zero-order valence-corrected chi connectivity index (χ0v) is 39.1. The van der Waals surface area contributed by atoms with Gasteiger partial charge in [0.05, 0.1) is 49.7 Å². The Morgan fingerprint density at radius 2 is 1.33 bits per heavy atom. The fourth-order valence-corrected chi connectivity index (χ4v) is 15.0. The van der Waals surface area contributed by atoms with Crippen molar-refractivity contribution in [2.75, 3.05) is 19.8 Å². The van der Waals surface area contributed by atoms with Crippen molar-refractivity contribution < 1.29 is 94.5 Å². The van der Waals surface area contributed by atoms with Crippen LogP contribution in [-0.4, -0.2) is 191 Å². The van der Waals surface area contributed by atoms with E-state index in [1.54, 1.807) is 6.92 Å². The summed E-state index contributed by atoms with van der Waals surface area (Å²) in [6.45, 7) is 12.4. The average molecular weight is 945 g/mol. The molecule has 12 N–H and O–H groups in total. The molecule has 0 aromatic heterocycles. The van der Waals surface area contributed by atoms with Crippen molar-refractivity contribution in [2.24, 2.45) is 50.2 Å². The first-order chi connectivity index (χ1) is 30.7. The summed E-state index contributed by atoms with van der Waals surface area (Å²) < 4.78 is 35.6. The fraction of sp³-hybridized carbons (Fsp3) is 0.936. The number of hydrogen-bond donors (Lipinski definition) is 12. The molecular weight excluding hydrogens is 868 g/mol. The highest BCUT2D eigenvalue weighted by Crippen LogP contribution is 2.76. The Hall–Kier alpha value is -1.47. The molecule has 0 unspecified atom stereocenters. The number of esters is 1. The van der Waals surface area contributed by atoms with Gasteiger partial charge in [0, 0.05) is 11.3 Å². The zero-order valence-electron chi connectivity index (χ0n) is 39.1. The van der Waals surface area contributed by atoms with E-state index in [1.165, 1.54) is 6.92 Å². The molecule has 378 valence electrons. The first-order valence-electron chi connectivity index (χ1n) is 23.9. The van der Waals surface area contributed by atoms with Crippen molar-refractivity contribution in [3.63, 3.8) is 0 Å². The molecule has 25 atom stereocenters. The van der Waals surface area contributed by atoms with Gasteiger partial charge >= 0.3 is 5.97 Å². The monoisotopic (exact) mass is 944 g/mol. The first kappa shape index (κ1) is 50.9. The quantitative estimate of drug-likeness (QED) is 0.0766. The average Bonchev–Trinajstić information content (AvgIpc) is 3.25. The molecule has 19 nitrogen and oxygen atoms in total. The van der Waals surface area contributed by atoms with Gasteiger partial charge in [-0.3, -0.25) is 4.79 Å². The Kier molecular flexibility index (Phi) is 13.6. The van der Waals surface area contributed by atoms with Crippen LogP contribution in [-0.2, 0) is 33.2 Å². The Morgan fingerprint density at radius 1 is 0.697 bits per heavy atom. The minimum absolute atomic E-state index is 0.141. The Bertz CT molecular complexity index is 1820. The van der Waals surface area contributed by atoms with Gasteiger partial charge in [0.15, 0.2) is 18.7 Å². The Balaban J connectivity index is 1.09. The van der Waals surface area contributed by atoms with Crippen LogP contribution in [0.25, 0.3) is 0 Å². The second kappa shape index (κ2) is 17.7. The number of rotatable bonds is 8. The number of hydrogen-bond acceptors (Lipinski definition) is 19. The first-order valence-corrected chi connectivity index (χ1v) is 23.9. The van der Waals surface area contributed by atoms with Gasteiger partial charge in [-0.05, 0) is 91.8 Å². The van der Waals surface area contributed by atoms with Crippen molar-refractivity contribution in [3.8, 4) is 0 Å². The normalized spacial score (nSPS) is 55.9. The van der Waals surface area contributed by atoms with Crippen molar-refractivity contribution in [1.82, 2.24) is 0 Å². The topological polar surface area (TPSA) is 315 Å². The van der Waals surface area contributed by atoms with E-state index in [2.05, 4.69) is 40.7 Å². The van der Waals surface area contributed by atoms with Gasteiger partial charge in [-0.2, -0.15) is 0 Å². The second-order valence-electron chi connectivity index (χ2n) is 23.2. The third kappa shape index (κ3) is 7.68. The molecule has 4 saturated carbocycles. The third-order valence-corrected chi connectivity index (χ3v) is 18.9. The molecule has 3 aliphatic heterocycles. The molecule has 0 radical (unpaired) electrons. The maximum atomic E-state index is 15.1. The number of aliphatic hydroxyl groups excluding tert-OH is 12. The lowest BCUT2D eigenvalue weighted by Gasteiger charge is -2.72. The molecule has 5 aliphatic carbocycles. The van der Waals surface area contributed by atoms with Crippen LogP contribution < -0.4 is 0 Å². The van der Waals surface area contributed by atoms with E-state index in [1.807, 2.05) is 0 Å². The predicted molar refractivity (Wildman–Crippen MR) is 227 cm³/mol. The molecule has 8 aliphatic rings. The largest absolute Gasteiger partial charge is 0.432 e. The molecule has 7 fully saturated rings. The SMILES string of the molecule is C[C@H]1O[C@@H](O[C@@H]2[C@H](OC(=O)[C@]34CCC(C)(C)C[C@H]3C3=CC[C@@H]5[C@]6(C)C[C@@H](O)[C@H](O[C@H]7O[C@@H](CO)[C@H](O)[C@@H](O)[C@@H]7O)[C@@](C)(CO)[C@@H]6[C@@H](O)C[C@]5(C)[C@]3(C)CC4)OC[C@H](O)[C@@H]2O)[C@H](O)[C@@H](O)[C@@H]1O. The number of allylic oxidation sites excluding steroid dienone is 2. The second-order valence-corrected chi connectivity index (χ2v) is 23.2. The van der Waals surface area contributed by atoms with E-state index in [-0.39, 0.29) is 30.3 Å². The molecule has 0 aromatic carbocycles. The van der Waals surface area contributed by atoms with Gasteiger partial charge in [-0.15, -0.1) is 0 Å². The highest BCUT2D eigenvalue weighted by atomic mass is 16.8. The van der Waals surface area contributed by atoms with Gasteiger partial charge in [-0.25, -0.2) is 0 Å². The number of carbonyl (C=O) groups is 1. The van der Waals surface area contributed by atoms with Gasteiger partial charge < -0.3 is 89.7 Å². The Morgan fingerprint density at radius 3 is 1.98 bits per heavy atom.